The molecule has 8 heteroatoms. The fraction of sp³-hybridized carbons (Fsp3) is 0.882. The third kappa shape index (κ3) is 8.04. The molecule has 0 aliphatic carbocycles. The first-order valence-electron chi connectivity index (χ1n) is 9.25. The topological polar surface area (TPSA) is 67.3 Å². The number of fused-ring (bicyclic) bond motifs is 3. The molecule has 2 heterocycles. The van der Waals surface area contributed by atoms with Crippen molar-refractivity contribution in [2.45, 2.75) is 12.8 Å². The van der Waals surface area contributed by atoms with E-state index < -0.39 is 5.97 Å². The first kappa shape index (κ1) is 20.6. The van der Waals surface area contributed by atoms with Crippen LogP contribution in [0.15, 0.2) is 0 Å². The summed E-state index contributed by atoms with van der Waals surface area (Å²) in [6.45, 7) is 10.2. The molecule has 7 nitrogen and oxygen atoms in total. The Morgan fingerprint density at radius 3 is 1.72 bits per heavy atom. The highest BCUT2D eigenvalue weighted by atomic mass is 32.2. The molecule has 1 N–H and O–H groups in total. The molecule has 2 saturated heterocycles. The largest absolute Gasteiger partial charge is 0.480 e. The summed E-state index contributed by atoms with van der Waals surface area (Å²) < 4.78 is 0. The zero-order chi connectivity index (χ0) is 18.1. The number of hydrogen-bond donors (Lipinski definition) is 1. The Labute approximate surface area is 155 Å². The molecular formula is C17H32N4O3S. The second-order valence-electron chi connectivity index (χ2n) is 6.91. The lowest BCUT2D eigenvalue weighted by Gasteiger charge is -2.35. The summed E-state index contributed by atoms with van der Waals surface area (Å²) in [5.41, 5.74) is 0. The normalized spacial score (nSPS) is 27.7. The standard InChI is InChI=1S/C17H32N4O3S/c1-25-17(24)15-21-7-3-5-18-8-9-19(11-13-21)4-2-6-20(12-10-18)14-16(22)23/h2-15H2,1H3,(H,22,23). The predicted octanol–water partition coefficient (Wildman–Crippen LogP) is -0.0240. The molecule has 0 aromatic rings. The third-order valence-electron chi connectivity index (χ3n) is 5.03. The predicted molar refractivity (Wildman–Crippen MR) is 101 cm³/mol. The van der Waals surface area contributed by atoms with E-state index in [0.717, 1.165) is 78.3 Å². The molecule has 0 radical (unpaired) electrons. The van der Waals surface area contributed by atoms with Crippen LogP contribution < -0.4 is 0 Å². The average Bonchev–Trinajstić information content (AvgIpc) is 2.59. The van der Waals surface area contributed by atoms with Crippen molar-refractivity contribution in [2.24, 2.45) is 0 Å². The minimum Gasteiger partial charge on any atom is -0.480 e. The smallest absolute Gasteiger partial charge is 0.317 e. The van der Waals surface area contributed by atoms with Gasteiger partial charge in [-0.15, -0.1) is 0 Å². The molecule has 2 aliphatic rings. The fourth-order valence-corrected chi connectivity index (χ4v) is 3.85. The summed E-state index contributed by atoms with van der Waals surface area (Å²) in [4.78, 5) is 32.1. The monoisotopic (exact) mass is 372 g/mol. The van der Waals surface area contributed by atoms with E-state index in [9.17, 15) is 9.59 Å². The number of aliphatic carboxylic acids is 1. The van der Waals surface area contributed by atoms with Crippen LogP contribution in [0, 0.1) is 0 Å². The first-order chi connectivity index (χ1) is 12.1. The maximum Gasteiger partial charge on any atom is 0.317 e. The van der Waals surface area contributed by atoms with Gasteiger partial charge in [0.1, 0.15) is 0 Å². The van der Waals surface area contributed by atoms with Gasteiger partial charge < -0.3 is 14.9 Å². The van der Waals surface area contributed by atoms with Crippen molar-refractivity contribution in [3.8, 4) is 0 Å². The molecule has 0 spiro atoms. The molecule has 2 fully saturated rings. The van der Waals surface area contributed by atoms with Crippen LogP contribution in [-0.4, -0.2) is 121 Å². The van der Waals surface area contributed by atoms with Gasteiger partial charge in [0.05, 0.1) is 13.1 Å². The lowest BCUT2D eigenvalue weighted by Crippen LogP contribution is -2.48. The molecule has 25 heavy (non-hydrogen) atoms. The second kappa shape index (κ2) is 11.1. The highest BCUT2D eigenvalue weighted by molar-refractivity contribution is 8.13. The third-order valence-corrected chi connectivity index (χ3v) is 5.62. The van der Waals surface area contributed by atoms with Gasteiger partial charge >= 0.3 is 5.97 Å². The molecule has 144 valence electrons. The lowest BCUT2D eigenvalue weighted by molar-refractivity contribution is -0.138. The van der Waals surface area contributed by atoms with Crippen molar-refractivity contribution in [3.63, 3.8) is 0 Å². The Hall–Kier alpha value is -0.670. The van der Waals surface area contributed by atoms with Crippen molar-refractivity contribution in [1.82, 2.24) is 19.6 Å². The summed E-state index contributed by atoms with van der Waals surface area (Å²) >= 11 is 1.32. The van der Waals surface area contributed by atoms with Crippen LogP contribution in [0.1, 0.15) is 12.8 Å². The van der Waals surface area contributed by atoms with Gasteiger partial charge in [0.25, 0.3) is 0 Å². The molecule has 2 rings (SSSR count). The van der Waals surface area contributed by atoms with Gasteiger partial charge in [0.15, 0.2) is 0 Å². The first-order valence-corrected chi connectivity index (χ1v) is 10.5. The SMILES string of the molecule is CSC(=O)CN1CCCN2CCN(CCCN(CC(=O)O)CC2)CC1. The van der Waals surface area contributed by atoms with E-state index in [4.69, 9.17) is 5.11 Å². The van der Waals surface area contributed by atoms with Crippen LogP contribution in [-0.2, 0) is 9.59 Å². The lowest BCUT2D eigenvalue weighted by atomic mass is 10.2. The minimum atomic E-state index is -0.740. The van der Waals surface area contributed by atoms with Crippen molar-refractivity contribution in [3.05, 3.63) is 0 Å². The molecule has 2 unspecified atom stereocenters. The summed E-state index contributed by atoms with van der Waals surface area (Å²) in [5, 5.41) is 9.33. The Morgan fingerprint density at radius 2 is 1.24 bits per heavy atom. The van der Waals surface area contributed by atoms with Gasteiger partial charge in [-0.1, -0.05) is 11.8 Å². The zero-order valence-corrected chi connectivity index (χ0v) is 16.2. The van der Waals surface area contributed by atoms with Crippen molar-refractivity contribution < 1.29 is 14.7 Å². The van der Waals surface area contributed by atoms with Gasteiger partial charge in [0, 0.05) is 45.8 Å². The molecular weight excluding hydrogens is 340 g/mol. The molecule has 0 aromatic heterocycles. The highest BCUT2D eigenvalue weighted by Gasteiger charge is 2.19. The van der Waals surface area contributed by atoms with Gasteiger partial charge in [-0.25, -0.2) is 0 Å². The van der Waals surface area contributed by atoms with Crippen LogP contribution in [0.5, 0.6) is 0 Å². The maximum atomic E-state index is 11.8. The maximum absolute atomic E-state index is 11.8. The Balaban J connectivity index is 1.96. The molecule has 2 aliphatic heterocycles. The van der Waals surface area contributed by atoms with E-state index in [0.29, 0.717) is 6.54 Å². The second-order valence-corrected chi connectivity index (χ2v) is 7.78. The van der Waals surface area contributed by atoms with Gasteiger partial charge in [0.2, 0.25) is 5.12 Å². The highest BCUT2D eigenvalue weighted by Crippen LogP contribution is 2.07. The summed E-state index contributed by atoms with van der Waals surface area (Å²) in [5.74, 6) is -0.740. The Bertz CT molecular complexity index is 438. The van der Waals surface area contributed by atoms with E-state index in [1.807, 2.05) is 6.26 Å². The Morgan fingerprint density at radius 1 is 0.760 bits per heavy atom. The number of carbonyl (C=O) groups is 2. The zero-order valence-electron chi connectivity index (χ0n) is 15.4. The summed E-state index contributed by atoms with van der Waals surface area (Å²) in [6.07, 6.45) is 3.91. The fourth-order valence-electron chi connectivity index (χ4n) is 3.53. The number of nitrogens with zero attached hydrogens (tertiary/aromatic N) is 4. The van der Waals surface area contributed by atoms with Gasteiger partial charge in [-0.3, -0.25) is 19.4 Å². The van der Waals surface area contributed by atoms with E-state index >= 15 is 0 Å². The van der Waals surface area contributed by atoms with E-state index in [-0.39, 0.29) is 11.7 Å². The van der Waals surface area contributed by atoms with Crippen LogP contribution in [0.3, 0.4) is 0 Å². The Kier molecular flexibility index (Phi) is 9.19. The summed E-state index contributed by atoms with van der Waals surface area (Å²) in [7, 11) is 0. The van der Waals surface area contributed by atoms with Crippen molar-refractivity contribution in [1.29, 1.82) is 0 Å². The summed E-state index contributed by atoms with van der Waals surface area (Å²) in [6, 6.07) is 0. The molecule has 0 saturated carbocycles. The van der Waals surface area contributed by atoms with E-state index in [1.165, 1.54) is 11.8 Å². The number of rotatable bonds is 4. The molecule has 2 atom stereocenters. The number of hydrogen-bond acceptors (Lipinski definition) is 7. The number of carboxylic acid groups (broad SMARTS) is 1. The number of carboxylic acids is 1. The molecule has 2 bridgehead atoms. The van der Waals surface area contributed by atoms with E-state index in [1.54, 1.807) is 0 Å². The van der Waals surface area contributed by atoms with Gasteiger partial charge in [-0.05, 0) is 38.7 Å². The van der Waals surface area contributed by atoms with Crippen molar-refractivity contribution in [2.75, 3.05) is 84.8 Å². The van der Waals surface area contributed by atoms with Crippen LogP contribution in [0.25, 0.3) is 0 Å². The minimum absolute atomic E-state index is 0.137. The van der Waals surface area contributed by atoms with Crippen LogP contribution in [0.4, 0.5) is 0 Å². The quantitative estimate of drug-likeness (QED) is 0.738. The van der Waals surface area contributed by atoms with Gasteiger partial charge in [-0.2, -0.15) is 0 Å². The molecule has 0 amide bonds. The van der Waals surface area contributed by atoms with E-state index in [2.05, 4.69) is 19.6 Å². The average molecular weight is 373 g/mol. The van der Waals surface area contributed by atoms with Crippen LogP contribution in [0.2, 0.25) is 0 Å². The number of carbonyl (C=O) groups excluding carboxylic acids is 1. The van der Waals surface area contributed by atoms with Crippen molar-refractivity contribution >= 4 is 22.8 Å². The van der Waals surface area contributed by atoms with Crippen LogP contribution >= 0.6 is 11.8 Å². The number of thioether (sulfide) groups is 1. The molecule has 0 aromatic carbocycles.